The summed E-state index contributed by atoms with van der Waals surface area (Å²) >= 11 is 5.00. The summed E-state index contributed by atoms with van der Waals surface area (Å²) in [5.74, 6) is 0. The highest BCUT2D eigenvalue weighted by atomic mass is 79.9. The van der Waals surface area contributed by atoms with E-state index in [2.05, 4.69) is 43.5 Å². The van der Waals surface area contributed by atoms with Gasteiger partial charge in [0.1, 0.15) is 0 Å². The Labute approximate surface area is 106 Å². The molecule has 0 aliphatic heterocycles. The van der Waals surface area contributed by atoms with Crippen molar-refractivity contribution in [2.45, 2.75) is 13.0 Å². The molecule has 0 fully saturated rings. The standard InChI is InChI=1S/C9H12BrN5S/c1-3-11-7(6-4-16-5-12-6)8-9(10)13-14-15(8)2/h4-5,7,11H,3H2,1-2H3. The van der Waals surface area contributed by atoms with Crippen LogP contribution in [0.3, 0.4) is 0 Å². The fourth-order valence-electron chi connectivity index (χ4n) is 1.56. The van der Waals surface area contributed by atoms with Crippen molar-refractivity contribution >= 4 is 27.3 Å². The Hall–Kier alpha value is -0.790. The summed E-state index contributed by atoms with van der Waals surface area (Å²) in [5.41, 5.74) is 3.82. The molecule has 0 bridgehead atoms. The minimum atomic E-state index is 0.0330. The van der Waals surface area contributed by atoms with Gasteiger partial charge in [-0.1, -0.05) is 12.1 Å². The molecule has 1 N–H and O–H groups in total. The maximum Gasteiger partial charge on any atom is 0.153 e. The Morgan fingerprint density at radius 2 is 2.44 bits per heavy atom. The number of rotatable bonds is 4. The Morgan fingerprint density at radius 1 is 1.62 bits per heavy atom. The molecule has 2 aromatic heterocycles. The summed E-state index contributed by atoms with van der Waals surface area (Å²) in [6, 6.07) is 0.0330. The van der Waals surface area contributed by atoms with Crippen molar-refractivity contribution in [1.29, 1.82) is 0 Å². The number of aromatic nitrogens is 4. The lowest BCUT2D eigenvalue weighted by atomic mass is 10.1. The molecule has 0 saturated heterocycles. The Morgan fingerprint density at radius 3 is 2.94 bits per heavy atom. The quantitative estimate of drug-likeness (QED) is 0.934. The fraction of sp³-hybridized carbons (Fsp3) is 0.444. The molecule has 1 atom stereocenters. The van der Waals surface area contributed by atoms with Crippen LogP contribution in [-0.2, 0) is 7.05 Å². The monoisotopic (exact) mass is 301 g/mol. The van der Waals surface area contributed by atoms with E-state index in [0.717, 1.165) is 22.5 Å². The largest absolute Gasteiger partial charge is 0.304 e. The van der Waals surface area contributed by atoms with E-state index in [9.17, 15) is 0 Å². The molecule has 86 valence electrons. The van der Waals surface area contributed by atoms with Gasteiger partial charge >= 0.3 is 0 Å². The summed E-state index contributed by atoms with van der Waals surface area (Å²) in [6.45, 7) is 2.93. The van der Waals surface area contributed by atoms with Gasteiger partial charge in [0.05, 0.1) is 22.9 Å². The number of nitrogens with one attached hydrogen (secondary N) is 1. The van der Waals surface area contributed by atoms with Gasteiger partial charge in [-0.2, -0.15) is 0 Å². The van der Waals surface area contributed by atoms with Crippen LogP contribution in [-0.4, -0.2) is 26.5 Å². The van der Waals surface area contributed by atoms with Gasteiger partial charge in [-0.15, -0.1) is 16.4 Å². The molecule has 2 rings (SSSR count). The third-order valence-electron chi connectivity index (χ3n) is 2.26. The maximum atomic E-state index is 4.34. The van der Waals surface area contributed by atoms with Crippen LogP contribution >= 0.6 is 27.3 Å². The van der Waals surface area contributed by atoms with Crippen LogP contribution in [0.5, 0.6) is 0 Å². The minimum Gasteiger partial charge on any atom is -0.304 e. The van der Waals surface area contributed by atoms with Crippen LogP contribution in [0.2, 0.25) is 0 Å². The first kappa shape index (κ1) is 11.7. The molecule has 0 saturated carbocycles. The average Bonchev–Trinajstić information content (AvgIpc) is 2.87. The van der Waals surface area contributed by atoms with E-state index < -0.39 is 0 Å². The molecule has 7 heteroatoms. The fourth-order valence-corrected chi connectivity index (χ4v) is 2.69. The van der Waals surface area contributed by atoms with Gasteiger partial charge in [0, 0.05) is 12.4 Å². The van der Waals surface area contributed by atoms with E-state index in [1.54, 1.807) is 16.0 Å². The topological polar surface area (TPSA) is 55.6 Å². The molecule has 0 aliphatic carbocycles. The van der Waals surface area contributed by atoms with Crippen LogP contribution in [0.4, 0.5) is 0 Å². The van der Waals surface area contributed by atoms with Crippen LogP contribution in [0.15, 0.2) is 15.5 Å². The Balaban J connectivity index is 2.40. The number of halogens is 1. The van der Waals surface area contributed by atoms with E-state index in [-0.39, 0.29) is 6.04 Å². The zero-order valence-corrected chi connectivity index (χ0v) is 11.4. The smallest absolute Gasteiger partial charge is 0.153 e. The van der Waals surface area contributed by atoms with Crippen molar-refractivity contribution < 1.29 is 0 Å². The van der Waals surface area contributed by atoms with Crippen molar-refractivity contribution in [2.75, 3.05) is 6.54 Å². The molecule has 5 nitrogen and oxygen atoms in total. The summed E-state index contributed by atoms with van der Waals surface area (Å²) in [6.07, 6.45) is 0. The van der Waals surface area contributed by atoms with E-state index >= 15 is 0 Å². The van der Waals surface area contributed by atoms with E-state index in [4.69, 9.17) is 0 Å². The van der Waals surface area contributed by atoms with Crippen molar-refractivity contribution in [3.05, 3.63) is 26.9 Å². The van der Waals surface area contributed by atoms with Gasteiger partial charge in [-0.25, -0.2) is 9.67 Å². The molecule has 2 heterocycles. The van der Waals surface area contributed by atoms with Crippen molar-refractivity contribution in [2.24, 2.45) is 7.05 Å². The van der Waals surface area contributed by atoms with Crippen LogP contribution < -0.4 is 5.32 Å². The average molecular weight is 302 g/mol. The molecule has 16 heavy (non-hydrogen) atoms. The first-order chi connectivity index (χ1) is 7.74. The molecule has 0 spiro atoms. The Bertz CT molecular complexity index is 433. The molecule has 1 unspecified atom stereocenters. The maximum absolute atomic E-state index is 4.34. The lowest BCUT2D eigenvalue weighted by Gasteiger charge is -2.15. The van der Waals surface area contributed by atoms with Crippen molar-refractivity contribution in [3.63, 3.8) is 0 Å². The highest BCUT2D eigenvalue weighted by Gasteiger charge is 2.22. The predicted octanol–water partition coefficient (Wildman–Crippen LogP) is 1.73. The predicted molar refractivity (Wildman–Crippen MR) is 66.3 cm³/mol. The van der Waals surface area contributed by atoms with Gasteiger partial charge in [0.25, 0.3) is 0 Å². The number of thiazole rings is 1. The van der Waals surface area contributed by atoms with Crippen LogP contribution in [0.25, 0.3) is 0 Å². The van der Waals surface area contributed by atoms with E-state index in [1.807, 2.05) is 17.9 Å². The van der Waals surface area contributed by atoms with Crippen molar-refractivity contribution in [3.8, 4) is 0 Å². The Kier molecular flexibility index (Phi) is 3.67. The second-order valence-electron chi connectivity index (χ2n) is 3.29. The van der Waals surface area contributed by atoms with Gasteiger partial charge in [-0.05, 0) is 22.5 Å². The first-order valence-corrected chi connectivity index (χ1v) is 6.64. The first-order valence-electron chi connectivity index (χ1n) is 4.90. The normalized spacial score (nSPS) is 12.9. The van der Waals surface area contributed by atoms with Crippen molar-refractivity contribution in [1.82, 2.24) is 25.3 Å². The lowest BCUT2D eigenvalue weighted by Crippen LogP contribution is -2.24. The van der Waals surface area contributed by atoms with E-state index in [1.165, 1.54) is 0 Å². The second kappa shape index (κ2) is 5.03. The molecule has 0 radical (unpaired) electrons. The SMILES string of the molecule is CCNC(c1cscn1)c1c(Br)nnn1C. The zero-order valence-electron chi connectivity index (χ0n) is 9.01. The van der Waals surface area contributed by atoms with Gasteiger partial charge < -0.3 is 5.32 Å². The van der Waals surface area contributed by atoms with Gasteiger partial charge in [-0.3, -0.25) is 0 Å². The molecule has 0 amide bonds. The molecular formula is C9H12BrN5S. The number of hydrogen-bond donors (Lipinski definition) is 1. The van der Waals surface area contributed by atoms with E-state index in [0.29, 0.717) is 0 Å². The highest BCUT2D eigenvalue weighted by molar-refractivity contribution is 9.10. The lowest BCUT2D eigenvalue weighted by molar-refractivity contribution is 0.559. The number of nitrogens with zero attached hydrogens (tertiary/aromatic N) is 4. The molecule has 0 aliphatic rings. The molecular weight excluding hydrogens is 290 g/mol. The number of aryl methyl sites for hydroxylation is 1. The summed E-state index contributed by atoms with van der Waals surface area (Å²) in [5, 5.41) is 13.4. The summed E-state index contributed by atoms with van der Waals surface area (Å²) < 4.78 is 2.52. The third-order valence-corrected chi connectivity index (χ3v) is 3.43. The minimum absolute atomic E-state index is 0.0330. The third kappa shape index (κ3) is 2.16. The summed E-state index contributed by atoms with van der Waals surface area (Å²) in [7, 11) is 1.88. The van der Waals surface area contributed by atoms with Gasteiger partial charge in [0.2, 0.25) is 0 Å². The summed E-state index contributed by atoms with van der Waals surface area (Å²) in [4.78, 5) is 4.34. The molecule has 2 aromatic rings. The van der Waals surface area contributed by atoms with Gasteiger partial charge in [0.15, 0.2) is 4.60 Å². The second-order valence-corrected chi connectivity index (χ2v) is 4.76. The zero-order chi connectivity index (χ0) is 11.5. The van der Waals surface area contributed by atoms with Crippen LogP contribution in [0, 0.1) is 0 Å². The highest BCUT2D eigenvalue weighted by Crippen LogP contribution is 2.26. The number of hydrogen-bond acceptors (Lipinski definition) is 5. The van der Waals surface area contributed by atoms with Crippen LogP contribution in [0.1, 0.15) is 24.4 Å². The molecule has 0 aromatic carbocycles.